The molecule has 29 heavy (non-hydrogen) atoms. The quantitative estimate of drug-likeness (QED) is 0.214. The fourth-order valence-electron chi connectivity index (χ4n) is 2.94. The summed E-state index contributed by atoms with van der Waals surface area (Å²) in [4.78, 5) is 20.3. The second-order valence-electron chi connectivity index (χ2n) is 7.20. The van der Waals surface area contributed by atoms with Gasteiger partial charge in [0.15, 0.2) is 5.96 Å². The molecule has 1 aliphatic rings. The van der Waals surface area contributed by atoms with Crippen LogP contribution in [-0.2, 0) is 16.0 Å². The van der Waals surface area contributed by atoms with Crippen LogP contribution in [0, 0.1) is 0 Å². The molecule has 0 atom stereocenters. The predicted octanol–water partition coefficient (Wildman–Crippen LogP) is 1.58. The highest BCUT2D eigenvalue weighted by Gasteiger charge is 2.09. The van der Waals surface area contributed by atoms with Crippen LogP contribution in [-0.4, -0.2) is 88.2 Å². The van der Waals surface area contributed by atoms with Crippen molar-refractivity contribution in [3.05, 3.63) is 35.9 Å². The van der Waals surface area contributed by atoms with Gasteiger partial charge in [-0.2, -0.15) is 0 Å². The number of morpholine rings is 1. The summed E-state index contributed by atoms with van der Waals surface area (Å²) >= 11 is 0. The lowest BCUT2D eigenvalue weighted by Gasteiger charge is -2.26. The minimum atomic E-state index is -0.00120. The number of halogens is 1. The Kier molecular flexibility index (Phi) is 13.7. The molecule has 2 N–H and O–H groups in total. The number of amides is 1. The minimum Gasteiger partial charge on any atom is -0.379 e. The van der Waals surface area contributed by atoms with E-state index >= 15 is 0 Å². The van der Waals surface area contributed by atoms with Gasteiger partial charge in [0.1, 0.15) is 6.54 Å². The molecule has 0 unspecified atom stereocenters. The highest BCUT2D eigenvalue weighted by molar-refractivity contribution is 14.0. The smallest absolute Gasteiger partial charge is 0.243 e. The summed E-state index contributed by atoms with van der Waals surface area (Å²) in [5.41, 5.74) is 1.34. The molecule has 2 rings (SSSR count). The van der Waals surface area contributed by atoms with Gasteiger partial charge in [0.05, 0.1) is 13.2 Å². The van der Waals surface area contributed by atoms with Gasteiger partial charge in [-0.15, -0.1) is 24.0 Å². The molecule has 8 heteroatoms. The average molecular weight is 517 g/mol. The van der Waals surface area contributed by atoms with Crippen LogP contribution < -0.4 is 10.6 Å². The monoisotopic (exact) mass is 517 g/mol. The van der Waals surface area contributed by atoms with E-state index in [0.717, 1.165) is 65.2 Å². The van der Waals surface area contributed by atoms with E-state index in [1.54, 1.807) is 19.0 Å². The van der Waals surface area contributed by atoms with Crippen molar-refractivity contribution in [1.82, 2.24) is 20.4 Å². The van der Waals surface area contributed by atoms with Crippen molar-refractivity contribution >= 4 is 35.8 Å². The van der Waals surface area contributed by atoms with Crippen LogP contribution in [0.3, 0.4) is 0 Å². The third kappa shape index (κ3) is 11.4. The molecule has 0 aliphatic carbocycles. The number of nitrogens with zero attached hydrogens (tertiary/aromatic N) is 3. The summed E-state index contributed by atoms with van der Waals surface area (Å²) in [6.45, 7) is 6.54. The molecule has 0 spiro atoms. The Morgan fingerprint density at radius 3 is 2.41 bits per heavy atom. The van der Waals surface area contributed by atoms with Crippen LogP contribution in [0.15, 0.2) is 35.3 Å². The third-order valence-corrected chi connectivity index (χ3v) is 4.70. The highest BCUT2D eigenvalue weighted by atomic mass is 127. The molecule has 0 radical (unpaired) electrons. The van der Waals surface area contributed by atoms with E-state index in [4.69, 9.17) is 4.74 Å². The lowest BCUT2D eigenvalue weighted by atomic mass is 10.1. The molecular weight excluding hydrogens is 481 g/mol. The molecule has 1 saturated heterocycles. The zero-order valence-electron chi connectivity index (χ0n) is 17.7. The lowest BCUT2D eigenvalue weighted by molar-refractivity contribution is -0.127. The largest absolute Gasteiger partial charge is 0.379 e. The maximum absolute atomic E-state index is 11.8. The molecule has 7 nitrogen and oxygen atoms in total. The summed E-state index contributed by atoms with van der Waals surface area (Å²) in [6.07, 6.45) is 3.07. The fourth-order valence-corrected chi connectivity index (χ4v) is 2.94. The first-order valence-electron chi connectivity index (χ1n) is 10.2. The average Bonchev–Trinajstić information content (AvgIpc) is 2.73. The number of carbonyl (C=O) groups excluding carboxylic acids is 1. The first-order valence-corrected chi connectivity index (χ1v) is 10.2. The number of carbonyl (C=O) groups is 1. The molecule has 1 aliphatic heterocycles. The molecule has 0 aromatic heterocycles. The molecular formula is C21H36IN5O2. The second-order valence-corrected chi connectivity index (χ2v) is 7.20. The zero-order chi connectivity index (χ0) is 20.0. The van der Waals surface area contributed by atoms with Crippen LogP contribution >= 0.6 is 24.0 Å². The van der Waals surface area contributed by atoms with Crippen molar-refractivity contribution < 1.29 is 9.53 Å². The van der Waals surface area contributed by atoms with Crippen molar-refractivity contribution in [2.75, 3.05) is 66.6 Å². The topological polar surface area (TPSA) is 69.2 Å². The maximum atomic E-state index is 11.8. The summed E-state index contributed by atoms with van der Waals surface area (Å²) < 4.78 is 5.38. The predicted molar refractivity (Wildman–Crippen MR) is 129 cm³/mol. The molecule has 1 aromatic carbocycles. The molecule has 1 heterocycles. The van der Waals surface area contributed by atoms with Crippen molar-refractivity contribution in [2.45, 2.75) is 19.3 Å². The number of benzene rings is 1. The highest BCUT2D eigenvalue weighted by Crippen LogP contribution is 2.01. The molecule has 0 bridgehead atoms. The van der Waals surface area contributed by atoms with Gasteiger partial charge >= 0.3 is 0 Å². The number of aryl methyl sites for hydroxylation is 1. The summed E-state index contributed by atoms with van der Waals surface area (Å²) in [5, 5.41) is 6.72. The Bertz CT molecular complexity index is 592. The minimum absolute atomic E-state index is 0. The number of rotatable bonds is 10. The van der Waals surface area contributed by atoms with Gasteiger partial charge in [0.25, 0.3) is 0 Å². The van der Waals surface area contributed by atoms with Crippen molar-refractivity contribution in [1.29, 1.82) is 0 Å². The number of hydrogen-bond donors (Lipinski definition) is 2. The van der Waals surface area contributed by atoms with E-state index in [1.165, 1.54) is 5.56 Å². The van der Waals surface area contributed by atoms with Crippen LogP contribution in [0.5, 0.6) is 0 Å². The number of hydrogen-bond acceptors (Lipinski definition) is 4. The second kappa shape index (κ2) is 15.4. The normalized spacial score (nSPS) is 14.8. The number of ether oxygens (including phenoxy) is 1. The van der Waals surface area contributed by atoms with Crippen LogP contribution in [0.2, 0.25) is 0 Å². The summed E-state index contributed by atoms with van der Waals surface area (Å²) in [7, 11) is 3.50. The maximum Gasteiger partial charge on any atom is 0.243 e. The number of aliphatic imine (C=N–C) groups is 1. The zero-order valence-corrected chi connectivity index (χ0v) is 20.1. The van der Waals surface area contributed by atoms with Gasteiger partial charge in [-0.3, -0.25) is 9.69 Å². The Morgan fingerprint density at radius 2 is 1.76 bits per heavy atom. The molecule has 0 saturated carbocycles. The van der Waals surface area contributed by atoms with E-state index in [0.29, 0.717) is 5.96 Å². The van der Waals surface area contributed by atoms with E-state index in [1.807, 2.05) is 6.07 Å². The fraction of sp³-hybridized carbons (Fsp3) is 0.619. The number of guanidine groups is 1. The Morgan fingerprint density at radius 1 is 1.10 bits per heavy atom. The van der Waals surface area contributed by atoms with Crippen molar-refractivity contribution in [3.63, 3.8) is 0 Å². The van der Waals surface area contributed by atoms with Gasteiger partial charge in [0.2, 0.25) is 5.91 Å². The molecule has 1 amide bonds. The Hall–Kier alpha value is -1.39. The van der Waals surface area contributed by atoms with Crippen molar-refractivity contribution in [3.8, 4) is 0 Å². The van der Waals surface area contributed by atoms with Crippen LogP contribution in [0.1, 0.15) is 18.4 Å². The van der Waals surface area contributed by atoms with Gasteiger partial charge in [-0.05, 0) is 31.4 Å². The third-order valence-electron chi connectivity index (χ3n) is 4.70. The van der Waals surface area contributed by atoms with Gasteiger partial charge in [-0.25, -0.2) is 4.99 Å². The van der Waals surface area contributed by atoms with Gasteiger partial charge in [0, 0.05) is 40.3 Å². The lowest BCUT2D eigenvalue weighted by Crippen LogP contribution is -2.41. The van der Waals surface area contributed by atoms with Gasteiger partial charge in [-0.1, -0.05) is 30.3 Å². The van der Waals surface area contributed by atoms with E-state index < -0.39 is 0 Å². The van der Waals surface area contributed by atoms with Crippen molar-refractivity contribution in [2.24, 2.45) is 4.99 Å². The Labute approximate surface area is 192 Å². The summed E-state index contributed by atoms with van der Waals surface area (Å²) in [6, 6.07) is 10.5. The standard InChI is InChI=1S/C21H35N5O2.HI/c1-25(2)20(27)18-24-21(22-11-6-10-19-8-4-3-5-9-19)23-12-7-13-26-14-16-28-17-15-26;/h3-5,8-9H,6-7,10-18H2,1-2H3,(H2,22,23,24);1H. The van der Waals surface area contributed by atoms with Crippen LogP contribution in [0.25, 0.3) is 0 Å². The number of likely N-dealkylation sites (N-methyl/N-ethyl adjacent to an activating group) is 1. The first-order chi connectivity index (χ1) is 13.6. The van der Waals surface area contributed by atoms with E-state index in [9.17, 15) is 4.79 Å². The van der Waals surface area contributed by atoms with Gasteiger partial charge < -0.3 is 20.3 Å². The number of nitrogens with one attached hydrogen (secondary N) is 2. The first kappa shape index (κ1) is 25.6. The molecule has 164 valence electrons. The molecule has 1 fully saturated rings. The van der Waals surface area contributed by atoms with E-state index in [2.05, 4.69) is 44.8 Å². The SMILES string of the molecule is CN(C)C(=O)CN=C(NCCCc1ccccc1)NCCCN1CCOCC1.I. The molecule has 1 aromatic rings. The van der Waals surface area contributed by atoms with Crippen LogP contribution in [0.4, 0.5) is 0 Å². The van der Waals surface area contributed by atoms with E-state index in [-0.39, 0.29) is 36.4 Å². The summed E-state index contributed by atoms with van der Waals surface area (Å²) in [5.74, 6) is 0.712. The Balaban J connectivity index is 0.00000420.